The van der Waals surface area contributed by atoms with E-state index in [1.807, 2.05) is 20.8 Å². The van der Waals surface area contributed by atoms with Crippen LogP contribution in [0.5, 0.6) is 5.75 Å². The Morgan fingerprint density at radius 3 is 1.90 bits per heavy atom. The zero-order valence-electron chi connectivity index (χ0n) is 22.8. The van der Waals surface area contributed by atoms with Crippen LogP contribution in [0.25, 0.3) is 0 Å². The van der Waals surface area contributed by atoms with E-state index in [1.165, 1.54) is 6.39 Å². The summed E-state index contributed by atoms with van der Waals surface area (Å²) < 4.78 is 9.65. The van der Waals surface area contributed by atoms with Gasteiger partial charge in [-0.05, 0) is 49.8 Å². The smallest absolute Gasteiger partial charge is 0.320 e. The van der Waals surface area contributed by atoms with Crippen molar-refractivity contribution < 1.29 is 38.9 Å². The molecule has 2 aromatic rings. The maximum Gasteiger partial charge on any atom is 0.320 e. The molecule has 0 saturated heterocycles. The van der Waals surface area contributed by atoms with Crippen LogP contribution in [0.4, 0.5) is 0 Å². The van der Waals surface area contributed by atoms with E-state index in [0.717, 1.165) is 17.1 Å². The number of hydrogen-bond acceptors (Lipinski definition) is 9. The first-order valence-corrected chi connectivity index (χ1v) is 11.9. The summed E-state index contributed by atoms with van der Waals surface area (Å²) in [6.07, 6.45) is 4.64. The Morgan fingerprint density at radius 2 is 1.59 bits per heavy atom. The number of aryl methyl sites for hydroxylation is 1. The molecule has 0 saturated carbocycles. The fourth-order valence-electron chi connectivity index (χ4n) is 2.45. The van der Waals surface area contributed by atoms with Gasteiger partial charge in [0.1, 0.15) is 23.6 Å². The second-order valence-electron chi connectivity index (χ2n) is 8.50. The molecule has 2 atom stereocenters. The van der Waals surface area contributed by atoms with Crippen molar-refractivity contribution in [3.63, 3.8) is 0 Å². The van der Waals surface area contributed by atoms with Crippen LogP contribution in [-0.2, 0) is 20.8 Å². The van der Waals surface area contributed by atoms with Crippen LogP contribution in [0.2, 0.25) is 0 Å². The molecule has 0 aliphatic rings. The minimum absolute atomic E-state index is 0.0129. The Labute approximate surface area is 228 Å². The van der Waals surface area contributed by atoms with Gasteiger partial charge in [0.25, 0.3) is 0 Å². The van der Waals surface area contributed by atoms with Gasteiger partial charge >= 0.3 is 17.9 Å². The third-order valence-corrected chi connectivity index (χ3v) is 4.40. The van der Waals surface area contributed by atoms with E-state index in [2.05, 4.69) is 9.98 Å². The molecule has 0 aliphatic heterocycles. The summed E-state index contributed by atoms with van der Waals surface area (Å²) in [6.45, 7) is 6.17. The van der Waals surface area contributed by atoms with Crippen LogP contribution in [0.1, 0.15) is 44.4 Å². The largest absolute Gasteiger partial charge is 0.497 e. The number of guanidine groups is 1. The molecule has 14 nitrogen and oxygen atoms in total. The minimum atomic E-state index is -1.00. The molecular formula is C25H42N6O8. The number of methoxy groups -OCH3 is 1. The number of benzene rings is 1. The number of carbonyl (C=O) groups is 3. The second-order valence-corrected chi connectivity index (χ2v) is 8.50. The van der Waals surface area contributed by atoms with E-state index in [1.54, 1.807) is 37.6 Å². The molecule has 220 valence electrons. The number of aromatic nitrogens is 1. The first-order chi connectivity index (χ1) is 18.2. The average Bonchev–Trinajstić information content (AvgIpc) is 3.33. The van der Waals surface area contributed by atoms with Crippen molar-refractivity contribution in [2.24, 2.45) is 33.8 Å². The molecule has 11 N–H and O–H groups in total. The number of hydrogen-bond donors (Lipinski definition) is 7. The fraction of sp³-hybridized carbons (Fsp3) is 0.480. The molecule has 39 heavy (non-hydrogen) atoms. The Bertz CT molecular complexity index is 961. The van der Waals surface area contributed by atoms with Crippen molar-refractivity contribution in [3.8, 4) is 5.75 Å². The van der Waals surface area contributed by atoms with E-state index >= 15 is 0 Å². The second kappa shape index (κ2) is 21.9. The highest BCUT2D eigenvalue weighted by atomic mass is 16.5. The van der Waals surface area contributed by atoms with E-state index in [4.69, 9.17) is 47.4 Å². The third-order valence-electron chi connectivity index (χ3n) is 4.40. The summed E-state index contributed by atoms with van der Waals surface area (Å²) >= 11 is 0. The lowest BCUT2D eigenvalue weighted by Gasteiger charge is -2.07. The van der Waals surface area contributed by atoms with Crippen LogP contribution < -0.4 is 27.7 Å². The molecule has 1 aromatic carbocycles. The number of carboxylic acid groups (broad SMARTS) is 3. The van der Waals surface area contributed by atoms with Crippen LogP contribution in [-0.4, -0.2) is 69.9 Å². The third kappa shape index (κ3) is 23.9. The number of aliphatic imine (C=N–C) groups is 1. The summed E-state index contributed by atoms with van der Waals surface area (Å²) in [5, 5.41) is 25.1. The van der Waals surface area contributed by atoms with Gasteiger partial charge in [-0.2, -0.15) is 0 Å². The van der Waals surface area contributed by atoms with Crippen molar-refractivity contribution in [1.82, 2.24) is 4.98 Å². The number of carboxylic acids is 3. The standard InChI is InChI=1S/C9H10O3.C6H14N4O2.C6H13NO2.C4H5NO/c1-12-8-4-2-7(3-5-8)6-9(10)11;7-4(5(11)12)2-1-3-10-6(8)9;1-4(2)3-5(7)6(8)9;1-4-2-5-3-6-4/h2-5H,6H2,1H3,(H,10,11);4H,1-3,7H2,(H,11,12)(H4,8,9,10);4-5H,3,7H2,1-2H3,(H,8,9);2-3H,1H3/t;4-;5-;/m.00./s1. The van der Waals surface area contributed by atoms with Crippen molar-refractivity contribution in [2.75, 3.05) is 13.7 Å². The normalized spacial score (nSPS) is 11.2. The summed E-state index contributed by atoms with van der Waals surface area (Å²) in [5.74, 6) is -0.766. The van der Waals surface area contributed by atoms with Gasteiger partial charge in [-0.25, -0.2) is 4.98 Å². The predicted molar refractivity (Wildman–Crippen MR) is 146 cm³/mol. The molecule has 1 aromatic heterocycles. The van der Waals surface area contributed by atoms with Gasteiger partial charge in [-0.1, -0.05) is 26.0 Å². The van der Waals surface area contributed by atoms with Crippen LogP contribution >= 0.6 is 0 Å². The van der Waals surface area contributed by atoms with E-state index in [9.17, 15) is 14.4 Å². The van der Waals surface area contributed by atoms with Crippen molar-refractivity contribution in [1.29, 1.82) is 0 Å². The molecule has 0 unspecified atom stereocenters. The van der Waals surface area contributed by atoms with Gasteiger partial charge in [0.2, 0.25) is 0 Å². The number of rotatable bonds is 11. The fourth-order valence-corrected chi connectivity index (χ4v) is 2.45. The van der Waals surface area contributed by atoms with Crippen molar-refractivity contribution >= 4 is 23.9 Å². The average molecular weight is 555 g/mol. The Hall–Kier alpha value is -4.17. The number of ether oxygens (including phenoxy) is 1. The molecule has 0 radical (unpaired) electrons. The predicted octanol–water partition coefficient (Wildman–Crippen LogP) is 1.20. The van der Waals surface area contributed by atoms with Gasteiger partial charge < -0.3 is 47.4 Å². The lowest BCUT2D eigenvalue weighted by Crippen LogP contribution is -2.31. The summed E-state index contributed by atoms with van der Waals surface area (Å²) in [5.41, 5.74) is 21.3. The summed E-state index contributed by atoms with van der Waals surface area (Å²) in [7, 11) is 1.58. The molecule has 0 aliphatic carbocycles. The monoisotopic (exact) mass is 554 g/mol. The van der Waals surface area contributed by atoms with Gasteiger partial charge in [-0.3, -0.25) is 19.4 Å². The minimum Gasteiger partial charge on any atom is -0.497 e. The number of nitrogens with two attached hydrogens (primary N) is 4. The molecule has 0 spiro atoms. The maximum atomic E-state index is 10.3. The zero-order chi connectivity index (χ0) is 30.4. The van der Waals surface area contributed by atoms with Gasteiger partial charge in [-0.15, -0.1) is 0 Å². The van der Waals surface area contributed by atoms with E-state index in [0.29, 0.717) is 31.7 Å². The topological polar surface area (TPSA) is 264 Å². The molecule has 2 rings (SSSR count). The highest BCUT2D eigenvalue weighted by Gasteiger charge is 2.12. The molecular weight excluding hydrogens is 512 g/mol. The summed E-state index contributed by atoms with van der Waals surface area (Å²) in [6, 6.07) is 5.47. The first kappa shape index (κ1) is 37.0. The first-order valence-electron chi connectivity index (χ1n) is 11.9. The molecule has 0 amide bonds. The van der Waals surface area contributed by atoms with Crippen molar-refractivity contribution in [3.05, 3.63) is 48.2 Å². The Kier molecular flexibility index (Phi) is 20.7. The summed E-state index contributed by atoms with van der Waals surface area (Å²) in [4.78, 5) is 38.0. The molecule has 0 bridgehead atoms. The number of nitrogens with zero attached hydrogens (tertiary/aromatic N) is 2. The zero-order valence-corrected chi connectivity index (χ0v) is 22.8. The quantitative estimate of drug-likeness (QED) is 0.117. The number of oxazole rings is 1. The molecule has 14 heteroatoms. The van der Waals surface area contributed by atoms with E-state index < -0.39 is 30.0 Å². The van der Waals surface area contributed by atoms with Gasteiger partial charge in [0.15, 0.2) is 12.4 Å². The molecule has 0 fully saturated rings. The van der Waals surface area contributed by atoms with E-state index in [-0.39, 0.29) is 12.4 Å². The van der Waals surface area contributed by atoms with Gasteiger partial charge in [0, 0.05) is 6.54 Å². The Balaban J connectivity index is 0. The lowest BCUT2D eigenvalue weighted by molar-refractivity contribution is -0.139. The Morgan fingerprint density at radius 1 is 1.03 bits per heavy atom. The van der Waals surface area contributed by atoms with Crippen LogP contribution in [0.15, 0.2) is 46.3 Å². The number of aliphatic carboxylic acids is 3. The highest BCUT2D eigenvalue weighted by Crippen LogP contribution is 2.11. The van der Waals surface area contributed by atoms with Gasteiger partial charge in [0.05, 0.1) is 19.7 Å². The highest BCUT2D eigenvalue weighted by molar-refractivity contribution is 5.75. The van der Waals surface area contributed by atoms with Crippen LogP contribution in [0.3, 0.4) is 0 Å². The molecule has 1 heterocycles. The SMILES string of the molecule is CC(C)C[C@H](N)C(=O)O.COc1ccc(CC(=O)O)cc1.Cc1cnco1.NC(N)=NCCC[C@H](N)C(=O)O. The maximum absolute atomic E-state index is 10.3. The van der Waals surface area contributed by atoms with Crippen LogP contribution in [0, 0.1) is 12.8 Å². The lowest BCUT2D eigenvalue weighted by atomic mass is 10.1. The van der Waals surface area contributed by atoms with Crippen molar-refractivity contribution in [2.45, 2.75) is 58.5 Å².